The van der Waals surface area contributed by atoms with E-state index in [9.17, 15) is 14.4 Å². The minimum Gasteiger partial charge on any atom is -0.493 e. The van der Waals surface area contributed by atoms with Crippen LogP contribution in [0.1, 0.15) is 39.6 Å². The Morgan fingerprint density at radius 3 is 2.70 bits per heavy atom. The highest BCUT2D eigenvalue weighted by Crippen LogP contribution is 2.33. The summed E-state index contributed by atoms with van der Waals surface area (Å²) in [5, 5.41) is 5.71. The number of aromatic nitrogens is 3. The molecule has 1 aliphatic rings. The average molecular weight is 605 g/mol. The molecule has 0 spiro atoms. The van der Waals surface area contributed by atoms with Crippen LogP contribution in [0.2, 0.25) is 0 Å². The first kappa shape index (κ1) is 29.7. The van der Waals surface area contributed by atoms with Crippen molar-refractivity contribution in [2.75, 3.05) is 26.8 Å². The molecule has 1 atom stereocenters. The van der Waals surface area contributed by atoms with Crippen LogP contribution < -0.4 is 20.1 Å². The summed E-state index contributed by atoms with van der Waals surface area (Å²) in [6.07, 6.45) is 0.659. The fraction of sp³-hybridized carbons (Fsp3) is 0.333. The largest absolute Gasteiger partial charge is 0.493 e. The molecule has 2 aromatic carbocycles. The van der Waals surface area contributed by atoms with E-state index in [1.54, 1.807) is 33.1 Å². The molecule has 0 fully saturated rings. The fourth-order valence-corrected chi connectivity index (χ4v) is 5.21. The number of nitrogens with one attached hydrogen (secondary N) is 2. The predicted molar refractivity (Wildman–Crippen MR) is 158 cm³/mol. The van der Waals surface area contributed by atoms with Gasteiger partial charge in [0.1, 0.15) is 17.5 Å². The summed E-state index contributed by atoms with van der Waals surface area (Å²) in [6.45, 7) is 3.71. The Hall–Kier alpha value is -4.78. The molecular formula is C30H32N6O6S. The van der Waals surface area contributed by atoms with Crippen molar-refractivity contribution in [1.29, 1.82) is 0 Å². The van der Waals surface area contributed by atoms with Crippen LogP contribution in [-0.4, -0.2) is 69.2 Å². The van der Waals surface area contributed by atoms with E-state index in [1.807, 2.05) is 36.4 Å². The van der Waals surface area contributed by atoms with Gasteiger partial charge in [-0.05, 0) is 44.0 Å². The number of fused-ring (bicyclic) bond motifs is 5. The highest BCUT2D eigenvalue weighted by Gasteiger charge is 2.27. The second kappa shape index (κ2) is 13.5. The zero-order valence-electron chi connectivity index (χ0n) is 24.1. The van der Waals surface area contributed by atoms with Crippen LogP contribution in [0.15, 0.2) is 52.9 Å². The normalized spacial score (nSPS) is 16.3. The second-order valence-electron chi connectivity index (χ2n) is 10.0. The molecule has 5 rings (SSSR count). The lowest BCUT2D eigenvalue weighted by Crippen LogP contribution is -2.51. The van der Waals surface area contributed by atoms with Crippen molar-refractivity contribution < 1.29 is 28.3 Å². The van der Waals surface area contributed by atoms with Crippen LogP contribution in [0.4, 0.5) is 0 Å². The Balaban J connectivity index is 1.46. The first-order chi connectivity index (χ1) is 20.8. The molecule has 0 aliphatic carbocycles. The number of oxazole rings is 1. The second-order valence-corrected chi connectivity index (χ2v) is 10.6. The number of methoxy groups -OCH3 is 1. The van der Waals surface area contributed by atoms with Crippen molar-refractivity contribution >= 4 is 29.4 Å². The van der Waals surface area contributed by atoms with Gasteiger partial charge >= 0.3 is 0 Å². The van der Waals surface area contributed by atoms with Gasteiger partial charge in [0, 0.05) is 18.5 Å². The lowest BCUT2D eigenvalue weighted by Gasteiger charge is -2.24. The third-order valence-corrected chi connectivity index (χ3v) is 7.59. The highest BCUT2D eigenvalue weighted by atomic mass is 32.1. The molecule has 0 saturated heterocycles. The number of carbonyl (C=O) groups excluding carboxylic acids is 3. The zero-order chi connectivity index (χ0) is 30.3. The minimum atomic E-state index is -0.896. The number of amides is 3. The fourth-order valence-electron chi connectivity index (χ4n) is 4.67. The number of aryl methyl sites for hydroxylation is 2. The number of hydrogen-bond donors (Lipinski definition) is 2. The molecule has 2 N–H and O–H groups in total. The summed E-state index contributed by atoms with van der Waals surface area (Å²) in [7, 11) is 1.55. The maximum atomic E-state index is 13.4. The van der Waals surface area contributed by atoms with Crippen LogP contribution in [-0.2, 0) is 22.6 Å². The SMILES string of the molecule is COc1ccc2cc1OCCCN(C(=O)c1nsnc1C)CC(=O)N[C@H](Cc1ccccc1)C(=O)NCc1nc-2oc1C. The van der Waals surface area contributed by atoms with E-state index in [2.05, 4.69) is 24.4 Å². The average Bonchev–Trinajstić information content (AvgIpc) is 3.61. The van der Waals surface area contributed by atoms with Crippen LogP contribution >= 0.6 is 11.7 Å². The van der Waals surface area contributed by atoms with Gasteiger partial charge in [-0.25, -0.2) is 4.98 Å². The Labute approximate surface area is 252 Å². The smallest absolute Gasteiger partial charge is 0.275 e. The Bertz CT molecular complexity index is 1600. The molecule has 3 heterocycles. The van der Waals surface area contributed by atoms with Crippen molar-refractivity contribution in [3.05, 3.63) is 76.9 Å². The molecule has 1 aliphatic heterocycles. The van der Waals surface area contributed by atoms with Gasteiger partial charge in [0.15, 0.2) is 17.2 Å². The molecule has 13 heteroatoms. The lowest BCUT2D eigenvalue weighted by molar-refractivity contribution is -0.129. The van der Waals surface area contributed by atoms with Crippen molar-refractivity contribution in [2.45, 2.75) is 39.3 Å². The Kier molecular flexibility index (Phi) is 9.30. The number of ether oxygens (including phenoxy) is 2. The molecule has 43 heavy (non-hydrogen) atoms. The van der Waals surface area contributed by atoms with Gasteiger partial charge in [-0.2, -0.15) is 8.75 Å². The highest BCUT2D eigenvalue weighted by molar-refractivity contribution is 6.99. The monoisotopic (exact) mass is 604 g/mol. The summed E-state index contributed by atoms with van der Waals surface area (Å²) in [4.78, 5) is 46.2. The van der Waals surface area contributed by atoms with E-state index in [4.69, 9.17) is 13.9 Å². The van der Waals surface area contributed by atoms with E-state index in [0.717, 1.165) is 17.3 Å². The molecule has 224 valence electrons. The van der Waals surface area contributed by atoms with Gasteiger partial charge in [0.2, 0.25) is 17.7 Å². The van der Waals surface area contributed by atoms with Crippen LogP contribution in [0.5, 0.6) is 11.5 Å². The van der Waals surface area contributed by atoms with E-state index in [-0.39, 0.29) is 44.3 Å². The molecule has 0 unspecified atom stereocenters. The summed E-state index contributed by atoms with van der Waals surface area (Å²) < 4.78 is 25.7. The first-order valence-electron chi connectivity index (χ1n) is 13.8. The van der Waals surface area contributed by atoms with Gasteiger partial charge in [0.25, 0.3) is 5.91 Å². The van der Waals surface area contributed by atoms with E-state index < -0.39 is 17.9 Å². The quantitative estimate of drug-likeness (QED) is 0.358. The summed E-state index contributed by atoms with van der Waals surface area (Å²) in [5.41, 5.74) is 2.77. The molecule has 4 aromatic rings. The lowest BCUT2D eigenvalue weighted by atomic mass is 10.0. The molecule has 4 bridgehead atoms. The Morgan fingerprint density at radius 1 is 1.14 bits per heavy atom. The van der Waals surface area contributed by atoms with Crippen molar-refractivity contribution in [3.63, 3.8) is 0 Å². The summed E-state index contributed by atoms with van der Waals surface area (Å²) in [5.74, 6) is 0.625. The molecule has 12 nitrogen and oxygen atoms in total. The number of hydrogen-bond acceptors (Lipinski definition) is 10. The van der Waals surface area contributed by atoms with Crippen LogP contribution in [0, 0.1) is 13.8 Å². The van der Waals surface area contributed by atoms with E-state index in [1.165, 1.54) is 4.90 Å². The number of rotatable bonds is 4. The molecule has 2 aromatic heterocycles. The van der Waals surface area contributed by atoms with Gasteiger partial charge in [-0.15, -0.1) is 0 Å². The van der Waals surface area contributed by atoms with Crippen molar-refractivity contribution in [1.82, 2.24) is 29.3 Å². The summed E-state index contributed by atoms with van der Waals surface area (Å²) in [6, 6.07) is 13.8. The number of nitrogens with zero attached hydrogens (tertiary/aromatic N) is 4. The maximum absolute atomic E-state index is 13.4. The topological polar surface area (TPSA) is 149 Å². The zero-order valence-corrected chi connectivity index (χ0v) is 24.9. The Morgan fingerprint density at radius 2 is 1.95 bits per heavy atom. The minimum absolute atomic E-state index is 0.0928. The van der Waals surface area contributed by atoms with Gasteiger partial charge in [-0.1, -0.05) is 30.3 Å². The number of carbonyl (C=O) groups is 3. The van der Waals surface area contributed by atoms with E-state index in [0.29, 0.717) is 46.5 Å². The molecular weight excluding hydrogens is 572 g/mol. The van der Waals surface area contributed by atoms with Crippen LogP contribution in [0.3, 0.4) is 0 Å². The van der Waals surface area contributed by atoms with Crippen molar-refractivity contribution in [3.8, 4) is 23.0 Å². The summed E-state index contributed by atoms with van der Waals surface area (Å²) >= 11 is 0.933. The van der Waals surface area contributed by atoms with E-state index >= 15 is 0 Å². The first-order valence-corrected chi connectivity index (χ1v) is 14.5. The van der Waals surface area contributed by atoms with Gasteiger partial charge in [-0.3, -0.25) is 14.4 Å². The molecule has 0 saturated carbocycles. The predicted octanol–water partition coefficient (Wildman–Crippen LogP) is 3.09. The standard InChI is InChI=1S/C30H32N6O6S/c1-18-27(35-43-34-18)30(39)36-12-7-13-41-25-15-21(10-11-24(25)40-3)29-33-23(19(2)42-29)16-31-28(38)22(32-26(37)17-36)14-20-8-5-4-6-9-20/h4-6,8-11,15,22H,7,12-14,16-17H2,1-3H3,(H,31,38)(H,32,37)/t22-/m1/s1. The van der Waals surface area contributed by atoms with Crippen molar-refractivity contribution in [2.24, 2.45) is 0 Å². The third kappa shape index (κ3) is 7.17. The van der Waals surface area contributed by atoms with Crippen LogP contribution in [0.25, 0.3) is 11.5 Å². The third-order valence-electron chi connectivity index (χ3n) is 6.97. The van der Waals surface area contributed by atoms with Gasteiger partial charge < -0.3 is 29.4 Å². The maximum Gasteiger partial charge on any atom is 0.275 e. The molecule has 0 radical (unpaired) electrons. The van der Waals surface area contributed by atoms with Gasteiger partial charge in [0.05, 0.1) is 44.2 Å². The molecule has 3 amide bonds. The number of benzene rings is 2.